The molecule has 0 spiro atoms. The Labute approximate surface area is 104 Å². The summed E-state index contributed by atoms with van der Waals surface area (Å²) in [6.07, 6.45) is 4.16. The molecule has 0 aliphatic heterocycles. The smallest absolute Gasteiger partial charge is 0.192 e. The van der Waals surface area contributed by atoms with Crippen LogP contribution in [0.5, 0.6) is 0 Å². The topological polar surface area (TPSA) is 36.1 Å². The van der Waals surface area contributed by atoms with Gasteiger partial charge in [0.05, 0.1) is 12.2 Å². The predicted octanol–water partition coefficient (Wildman–Crippen LogP) is 2.96. The number of hydrogen-bond acceptors (Lipinski definition) is 2. The van der Waals surface area contributed by atoms with Crippen LogP contribution in [0.3, 0.4) is 0 Å². The molecule has 0 saturated carbocycles. The van der Waals surface area contributed by atoms with E-state index in [1.165, 1.54) is 12.8 Å². The van der Waals surface area contributed by atoms with Gasteiger partial charge in [0.2, 0.25) is 0 Å². The fraction of sp³-hybridized carbons (Fsp3) is 0.643. The molecule has 0 unspecified atom stereocenters. The Kier molecular flexibility index (Phi) is 5.98. The zero-order chi connectivity index (χ0) is 12.7. The summed E-state index contributed by atoms with van der Waals surface area (Å²) in [6.45, 7) is 9.03. The number of Topliss-reactive ketones (excluding diaryl/α,β-unsaturated/α-hetero) is 1. The summed E-state index contributed by atoms with van der Waals surface area (Å²) >= 11 is 0. The van der Waals surface area contributed by atoms with Crippen LogP contribution in [0.25, 0.3) is 0 Å². The predicted molar refractivity (Wildman–Crippen MR) is 71.3 cm³/mol. The number of rotatable bonds is 8. The molecule has 0 bridgehead atoms. The Morgan fingerprint density at radius 1 is 1.35 bits per heavy atom. The van der Waals surface area contributed by atoms with E-state index in [-0.39, 0.29) is 5.78 Å². The van der Waals surface area contributed by atoms with Gasteiger partial charge in [-0.15, -0.1) is 0 Å². The van der Waals surface area contributed by atoms with E-state index < -0.39 is 0 Å². The van der Waals surface area contributed by atoms with Crippen LogP contribution in [0.15, 0.2) is 18.3 Å². The van der Waals surface area contributed by atoms with E-state index >= 15 is 0 Å². The van der Waals surface area contributed by atoms with E-state index in [9.17, 15) is 4.79 Å². The van der Waals surface area contributed by atoms with Crippen LogP contribution in [0.4, 0.5) is 0 Å². The molecule has 0 saturated heterocycles. The second-order valence-corrected chi connectivity index (χ2v) is 4.52. The minimum absolute atomic E-state index is 0.183. The maximum atomic E-state index is 12.0. The molecular weight excluding hydrogens is 212 g/mol. The molecule has 1 rings (SSSR count). The first-order valence-corrected chi connectivity index (χ1v) is 6.60. The average Bonchev–Trinajstić information content (AvgIpc) is 2.88. The number of nitrogens with one attached hydrogen (secondary N) is 1. The zero-order valence-electron chi connectivity index (χ0n) is 11.2. The third kappa shape index (κ3) is 4.35. The van der Waals surface area contributed by atoms with Crippen LogP contribution in [0.2, 0.25) is 0 Å². The first-order valence-electron chi connectivity index (χ1n) is 6.60. The number of nitrogens with zero attached hydrogens (tertiary/aromatic N) is 1. The number of ketones is 1. The zero-order valence-corrected chi connectivity index (χ0v) is 11.2. The van der Waals surface area contributed by atoms with Crippen LogP contribution in [-0.4, -0.2) is 35.3 Å². The van der Waals surface area contributed by atoms with Gasteiger partial charge in [0.15, 0.2) is 5.78 Å². The van der Waals surface area contributed by atoms with Gasteiger partial charge in [-0.25, -0.2) is 0 Å². The van der Waals surface area contributed by atoms with E-state index in [1.807, 2.05) is 12.1 Å². The van der Waals surface area contributed by atoms with Crippen molar-refractivity contribution < 1.29 is 4.79 Å². The van der Waals surface area contributed by atoms with Crippen molar-refractivity contribution in [2.75, 3.05) is 19.6 Å². The van der Waals surface area contributed by atoms with Crippen molar-refractivity contribution >= 4 is 5.78 Å². The van der Waals surface area contributed by atoms with Crippen molar-refractivity contribution in [2.24, 2.45) is 5.92 Å². The maximum Gasteiger partial charge on any atom is 0.192 e. The molecule has 3 heteroatoms. The fourth-order valence-corrected chi connectivity index (χ4v) is 2.01. The number of aromatic nitrogens is 1. The van der Waals surface area contributed by atoms with Crippen LogP contribution in [-0.2, 0) is 0 Å². The van der Waals surface area contributed by atoms with Gasteiger partial charge < -0.3 is 4.98 Å². The van der Waals surface area contributed by atoms with Crippen molar-refractivity contribution in [3.05, 3.63) is 24.0 Å². The molecule has 3 nitrogen and oxygen atoms in total. The van der Waals surface area contributed by atoms with Crippen molar-refractivity contribution in [3.63, 3.8) is 0 Å². The van der Waals surface area contributed by atoms with Crippen molar-refractivity contribution in [3.8, 4) is 0 Å². The van der Waals surface area contributed by atoms with E-state index in [0.717, 1.165) is 13.1 Å². The number of likely N-dealkylation sites (N-methyl/N-ethyl adjacent to an activating group) is 1. The second kappa shape index (κ2) is 7.28. The average molecular weight is 236 g/mol. The second-order valence-electron chi connectivity index (χ2n) is 4.52. The largest absolute Gasteiger partial charge is 0.359 e. The molecule has 0 amide bonds. The third-order valence-electron chi connectivity index (χ3n) is 3.38. The highest BCUT2D eigenvalue weighted by atomic mass is 16.1. The first-order chi connectivity index (χ1) is 8.21. The maximum absolute atomic E-state index is 12.0. The van der Waals surface area contributed by atoms with E-state index in [2.05, 4.69) is 30.7 Å². The summed E-state index contributed by atoms with van der Waals surface area (Å²) in [6, 6.07) is 3.71. The van der Waals surface area contributed by atoms with Gasteiger partial charge in [-0.05, 0) is 24.6 Å². The molecule has 96 valence electrons. The summed E-state index contributed by atoms with van der Waals surface area (Å²) < 4.78 is 0. The first kappa shape index (κ1) is 14.0. The number of H-pyrrole nitrogens is 1. The van der Waals surface area contributed by atoms with Gasteiger partial charge in [0.1, 0.15) is 0 Å². The number of carbonyl (C=O) groups excluding carboxylic acids is 1. The lowest BCUT2D eigenvalue weighted by atomic mass is 10.0. The lowest BCUT2D eigenvalue weighted by molar-refractivity contribution is 0.0916. The molecule has 0 fully saturated rings. The minimum Gasteiger partial charge on any atom is -0.359 e. The third-order valence-corrected chi connectivity index (χ3v) is 3.38. The lowest BCUT2D eigenvalue weighted by Crippen LogP contribution is -2.34. The van der Waals surface area contributed by atoms with Gasteiger partial charge in [-0.1, -0.05) is 33.6 Å². The molecule has 1 heterocycles. The number of aromatic amines is 1. The molecule has 0 aromatic carbocycles. The van der Waals surface area contributed by atoms with Crippen molar-refractivity contribution in [2.45, 2.75) is 33.6 Å². The lowest BCUT2D eigenvalue weighted by Gasteiger charge is -2.24. The Morgan fingerprint density at radius 3 is 2.53 bits per heavy atom. The molecule has 0 atom stereocenters. The number of carbonyl (C=O) groups is 1. The molecule has 0 aliphatic carbocycles. The van der Waals surface area contributed by atoms with Crippen LogP contribution < -0.4 is 0 Å². The standard InChI is InChI=1S/C14H24N2O/c1-4-12(5-2)10-16(6-3)11-14(17)13-8-7-9-15-13/h7-9,12,15H,4-6,10-11H2,1-3H3. The quantitative estimate of drug-likeness (QED) is 0.704. The highest BCUT2D eigenvalue weighted by Gasteiger charge is 2.14. The molecule has 0 radical (unpaired) electrons. The van der Waals surface area contributed by atoms with Crippen molar-refractivity contribution in [1.82, 2.24) is 9.88 Å². The Morgan fingerprint density at radius 2 is 2.06 bits per heavy atom. The summed E-state index contributed by atoms with van der Waals surface area (Å²) in [5, 5.41) is 0. The monoisotopic (exact) mass is 236 g/mol. The summed E-state index contributed by atoms with van der Waals surface area (Å²) in [5.41, 5.74) is 0.716. The Hall–Kier alpha value is -1.09. The Bertz CT molecular complexity index is 315. The SMILES string of the molecule is CCC(CC)CN(CC)CC(=O)c1ccc[nH]1. The fourth-order valence-electron chi connectivity index (χ4n) is 2.01. The van der Waals surface area contributed by atoms with Gasteiger partial charge in [0.25, 0.3) is 0 Å². The molecular formula is C14H24N2O. The molecule has 1 aromatic heterocycles. The highest BCUT2D eigenvalue weighted by Crippen LogP contribution is 2.10. The molecule has 1 aromatic rings. The van der Waals surface area contributed by atoms with Gasteiger partial charge in [-0.2, -0.15) is 0 Å². The van der Waals surface area contributed by atoms with E-state index in [0.29, 0.717) is 18.2 Å². The summed E-state index contributed by atoms with van der Waals surface area (Å²) in [5.74, 6) is 0.884. The van der Waals surface area contributed by atoms with Crippen LogP contribution >= 0.6 is 0 Å². The summed E-state index contributed by atoms with van der Waals surface area (Å²) in [4.78, 5) is 17.2. The van der Waals surface area contributed by atoms with Crippen LogP contribution in [0, 0.1) is 5.92 Å². The van der Waals surface area contributed by atoms with E-state index in [1.54, 1.807) is 6.20 Å². The highest BCUT2D eigenvalue weighted by molar-refractivity contribution is 5.95. The number of hydrogen-bond donors (Lipinski definition) is 1. The Balaban J connectivity index is 2.49. The molecule has 0 aliphatic rings. The molecule has 1 N–H and O–H groups in total. The van der Waals surface area contributed by atoms with Gasteiger partial charge in [0, 0.05) is 12.7 Å². The van der Waals surface area contributed by atoms with Crippen molar-refractivity contribution in [1.29, 1.82) is 0 Å². The summed E-state index contributed by atoms with van der Waals surface area (Å²) in [7, 11) is 0. The van der Waals surface area contributed by atoms with Gasteiger partial charge >= 0.3 is 0 Å². The van der Waals surface area contributed by atoms with Gasteiger partial charge in [-0.3, -0.25) is 9.69 Å². The normalized spacial score (nSPS) is 11.4. The van der Waals surface area contributed by atoms with E-state index in [4.69, 9.17) is 0 Å². The van der Waals surface area contributed by atoms with Crippen LogP contribution in [0.1, 0.15) is 44.1 Å². The minimum atomic E-state index is 0.183. The molecule has 17 heavy (non-hydrogen) atoms.